The van der Waals surface area contributed by atoms with Gasteiger partial charge in [0.25, 0.3) is 0 Å². The molecule has 1 atom stereocenters. The van der Waals surface area contributed by atoms with E-state index in [1.165, 1.54) is 29.2 Å². The van der Waals surface area contributed by atoms with Crippen LogP contribution in [-0.2, 0) is 24.7 Å². The van der Waals surface area contributed by atoms with Crippen LogP contribution in [0, 0.1) is 5.92 Å². The van der Waals surface area contributed by atoms with Crippen molar-refractivity contribution >= 4 is 31.5 Å². The lowest BCUT2D eigenvalue weighted by atomic mass is 10.1. The van der Waals surface area contributed by atoms with Crippen LogP contribution in [0.1, 0.15) is 6.42 Å². The van der Waals surface area contributed by atoms with Crippen LogP contribution in [0.2, 0.25) is 0 Å². The van der Waals surface area contributed by atoms with Gasteiger partial charge in [-0.15, -0.1) is 0 Å². The number of sulfonamides is 1. The van der Waals surface area contributed by atoms with Crippen molar-refractivity contribution in [3.8, 4) is 0 Å². The fraction of sp³-hybridized carbons (Fsp3) is 0.417. The smallest absolute Gasteiger partial charge is 0.227 e. The van der Waals surface area contributed by atoms with Crippen molar-refractivity contribution in [2.45, 2.75) is 11.3 Å². The van der Waals surface area contributed by atoms with Gasteiger partial charge in [-0.25, -0.2) is 22.0 Å². The molecule has 1 fully saturated rings. The van der Waals surface area contributed by atoms with Gasteiger partial charge in [0.15, 0.2) is 9.84 Å². The molecule has 1 amide bonds. The van der Waals surface area contributed by atoms with E-state index < -0.39 is 19.9 Å². The maximum atomic E-state index is 11.9. The average molecular weight is 332 g/mol. The van der Waals surface area contributed by atoms with Crippen molar-refractivity contribution in [2.75, 3.05) is 23.5 Å². The van der Waals surface area contributed by atoms with Gasteiger partial charge in [-0.3, -0.25) is 4.79 Å². The highest BCUT2D eigenvalue weighted by Crippen LogP contribution is 2.26. The quantitative estimate of drug-likeness (QED) is 0.815. The second-order valence-electron chi connectivity index (χ2n) is 5.17. The molecule has 1 aromatic rings. The number of hydrogen-bond acceptors (Lipinski definition) is 5. The van der Waals surface area contributed by atoms with Gasteiger partial charge >= 0.3 is 0 Å². The topological polar surface area (TPSA) is 115 Å². The van der Waals surface area contributed by atoms with Crippen LogP contribution in [0.3, 0.4) is 0 Å². The first kappa shape index (κ1) is 15.9. The molecule has 21 heavy (non-hydrogen) atoms. The van der Waals surface area contributed by atoms with E-state index in [-0.39, 0.29) is 35.4 Å². The van der Waals surface area contributed by atoms with Gasteiger partial charge in [-0.05, 0) is 24.3 Å². The summed E-state index contributed by atoms with van der Waals surface area (Å²) in [7, 11) is -6.91. The van der Waals surface area contributed by atoms with Crippen molar-refractivity contribution < 1.29 is 21.6 Å². The highest BCUT2D eigenvalue weighted by molar-refractivity contribution is 7.90. The van der Waals surface area contributed by atoms with Gasteiger partial charge < -0.3 is 4.90 Å². The summed E-state index contributed by atoms with van der Waals surface area (Å²) in [6.45, 7) is 0.257. The molecule has 0 saturated carbocycles. The van der Waals surface area contributed by atoms with E-state index in [4.69, 9.17) is 5.14 Å². The molecule has 0 aromatic heterocycles. The first-order valence-corrected chi connectivity index (χ1v) is 9.78. The standard InChI is InChI=1S/C12H16N2O5S2/c1-20(16,17)11-4-2-10(3-5-11)14-7-9(6-12(14)15)8-21(13,18)19/h2-5,9H,6-8H2,1H3,(H2,13,18,19). The number of amides is 1. The molecule has 9 heteroatoms. The second-order valence-corrected chi connectivity index (χ2v) is 8.84. The highest BCUT2D eigenvalue weighted by atomic mass is 32.2. The maximum absolute atomic E-state index is 11.9. The number of nitrogens with two attached hydrogens (primary N) is 1. The molecule has 116 valence electrons. The number of anilines is 1. The van der Waals surface area contributed by atoms with Gasteiger partial charge in [-0.2, -0.15) is 0 Å². The zero-order chi connectivity index (χ0) is 15.8. The van der Waals surface area contributed by atoms with E-state index in [0.717, 1.165) is 6.26 Å². The lowest BCUT2D eigenvalue weighted by molar-refractivity contribution is -0.117. The molecule has 1 aromatic carbocycles. The lowest BCUT2D eigenvalue weighted by Crippen LogP contribution is -2.27. The van der Waals surface area contributed by atoms with Crippen LogP contribution >= 0.6 is 0 Å². The number of hydrogen-bond donors (Lipinski definition) is 1. The third-order valence-corrected chi connectivity index (χ3v) is 5.31. The number of nitrogens with zero attached hydrogens (tertiary/aromatic N) is 1. The normalized spacial score (nSPS) is 20.0. The van der Waals surface area contributed by atoms with Gasteiger partial charge in [0, 0.05) is 30.8 Å². The number of benzene rings is 1. The molecular formula is C12H16N2O5S2. The van der Waals surface area contributed by atoms with Crippen molar-refractivity contribution in [3.63, 3.8) is 0 Å². The summed E-state index contributed by atoms with van der Waals surface area (Å²) in [5.74, 6) is -0.783. The van der Waals surface area contributed by atoms with Crippen LogP contribution in [0.5, 0.6) is 0 Å². The minimum atomic E-state index is -3.62. The van der Waals surface area contributed by atoms with E-state index >= 15 is 0 Å². The van der Waals surface area contributed by atoms with E-state index in [1.54, 1.807) is 0 Å². The molecule has 2 rings (SSSR count). The van der Waals surface area contributed by atoms with Crippen molar-refractivity contribution in [1.82, 2.24) is 0 Å². The average Bonchev–Trinajstić information content (AvgIpc) is 2.66. The van der Waals surface area contributed by atoms with Gasteiger partial charge in [0.05, 0.1) is 10.6 Å². The van der Waals surface area contributed by atoms with Gasteiger partial charge in [-0.1, -0.05) is 0 Å². The van der Waals surface area contributed by atoms with Gasteiger partial charge in [0.2, 0.25) is 15.9 Å². The Kier molecular flexibility index (Phi) is 4.09. The largest absolute Gasteiger partial charge is 0.312 e. The number of carbonyl (C=O) groups is 1. The van der Waals surface area contributed by atoms with Crippen LogP contribution < -0.4 is 10.0 Å². The third-order valence-electron chi connectivity index (χ3n) is 3.25. The van der Waals surface area contributed by atoms with Crippen molar-refractivity contribution in [2.24, 2.45) is 11.1 Å². The Morgan fingerprint density at radius 3 is 2.24 bits per heavy atom. The second kappa shape index (κ2) is 5.39. The third kappa shape index (κ3) is 4.02. The monoisotopic (exact) mass is 332 g/mol. The Labute approximate surface area is 123 Å². The van der Waals surface area contributed by atoms with Crippen LogP contribution in [-0.4, -0.2) is 41.3 Å². The fourth-order valence-electron chi connectivity index (χ4n) is 2.34. The molecule has 1 heterocycles. The summed E-state index contributed by atoms with van der Waals surface area (Å²) in [4.78, 5) is 13.5. The Morgan fingerprint density at radius 1 is 1.19 bits per heavy atom. The highest BCUT2D eigenvalue weighted by Gasteiger charge is 2.32. The molecule has 0 aliphatic carbocycles. The molecule has 0 spiro atoms. The summed E-state index contributed by atoms with van der Waals surface area (Å²) < 4.78 is 44.9. The number of sulfone groups is 1. The van der Waals surface area contributed by atoms with E-state index in [9.17, 15) is 21.6 Å². The Morgan fingerprint density at radius 2 is 1.76 bits per heavy atom. The predicted octanol–water partition coefficient (Wildman–Crippen LogP) is -0.268. The maximum Gasteiger partial charge on any atom is 0.227 e. The fourth-order valence-corrected chi connectivity index (χ4v) is 3.86. The molecule has 1 unspecified atom stereocenters. The minimum absolute atomic E-state index is 0.115. The molecule has 0 bridgehead atoms. The zero-order valence-electron chi connectivity index (χ0n) is 11.4. The van der Waals surface area contributed by atoms with Crippen molar-refractivity contribution in [1.29, 1.82) is 0 Å². The van der Waals surface area contributed by atoms with E-state index in [0.29, 0.717) is 5.69 Å². The first-order chi connectivity index (χ1) is 9.56. The van der Waals surface area contributed by atoms with E-state index in [2.05, 4.69) is 0 Å². The lowest BCUT2D eigenvalue weighted by Gasteiger charge is -2.17. The first-order valence-electron chi connectivity index (χ1n) is 6.17. The van der Waals surface area contributed by atoms with Crippen LogP contribution in [0.4, 0.5) is 5.69 Å². The SMILES string of the molecule is CS(=O)(=O)c1ccc(N2CC(CS(N)(=O)=O)CC2=O)cc1. The number of carbonyl (C=O) groups excluding carboxylic acids is 1. The molecule has 7 nitrogen and oxygen atoms in total. The van der Waals surface area contributed by atoms with E-state index in [1.807, 2.05) is 0 Å². The van der Waals surface area contributed by atoms with Gasteiger partial charge in [0.1, 0.15) is 0 Å². The Balaban J connectivity index is 2.18. The number of primary sulfonamides is 1. The molecule has 0 radical (unpaired) electrons. The molecule has 1 aliphatic heterocycles. The summed E-state index contributed by atoms with van der Waals surface area (Å²) in [6.07, 6.45) is 1.22. The van der Waals surface area contributed by atoms with Crippen LogP contribution in [0.15, 0.2) is 29.2 Å². The Bertz CT molecular complexity index is 753. The summed E-state index contributed by atoms with van der Waals surface area (Å²) >= 11 is 0. The van der Waals surface area contributed by atoms with Crippen molar-refractivity contribution in [3.05, 3.63) is 24.3 Å². The molecular weight excluding hydrogens is 316 g/mol. The Hall–Kier alpha value is -1.45. The van der Waals surface area contributed by atoms with Crippen LogP contribution in [0.25, 0.3) is 0 Å². The summed E-state index contributed by atoms with van der Waals surface area (Å²) in [5, 5.41) is 4.99. The zero-order valence-corrected chi connectivity index (χ0v) is 13.0. The molecule has 2 N–H and O–H groups in total. The molecule has 1 saturated heterocycles. The minimum Gasteiger partial charge on any atom is -0.312 e. The number of rotatable bonds is 4. The predicted molar refractivity (Wildman–Crippen MR) is 78.0 cm³/mol. The molecule has 1 aliphatic rings. The summed E-state index contributed by atoms with van der Waals surface area (Å²) in [5.41, 5.74) is 0.546. The summed E-state index contributed by atoms with van der Waals surface area (Å²) in [6, 6.07) is 5.91.